The molecule has 0 saturated heterocycles. The maximum atomic E-state index is 11.8. The number of hydrogen-bond acceptors (Lipinski definition) is 2. The lowest BCUT2D eigenvalue weighted by atomic mass is 10.0. The van der Waals surface area contributed by atoms with Crippen LogP contribution in [0.5, 0.6) is 5.75 Å². The molecule has 0 spiro atoms. The molecule has 0 aliphatic carbocycles. The minimum atomic E-state index is -0.337. The molecule has 0 saturated carbocycles. The van der Waals surface area contributed by atoms with Gasteiger partial charge in [-0.2, -0.15) is 0 Å². The summed E-state index contributed by atoms with van der Waals surface area (Å²) in [5.41, 5.74) is 2.60. The highest BCUT2D eigenvalue weighted by atomic mass is 79.9. The van der Waals surface area contributed by atoms with Crippen molar-refractivity contribution < 1.29 is 9.53 Å². The van der Waals surface area contributed by atoms with E-state index in [9.17, 15) is 4.79 Å². The zero-order valence-electron chi connectivity index (χ0n) is 8.80. The van der Waals surface area contributed by atoms with E-state index in [1.165, 1.54) is 0 Å². The molecule has 0 fully saturated rings. The van der Waals surface area contributed by atoms with E-state index in [2.05, 4.69) is 31.9 Å². The highest BCUT2D eigenvalue weighted by Gasteiger charge is 2.17. The van der Waals surface area contributed by atoms with Crippen LogP contribution in [0.25, 0.3) is 0 Å². The van der Waals surface area contributed by atoms with Crippen molar-refractivity contribution >= 4 is 37.6 Å². The van der Waals surface area contributed by atoms with Gasteiger partial charge in [0.1, 0.15) is 9.49 Å². The van der Waals surface area contributed by atoms with Crippen LogP contribution in [-0.4, -0.2) is 16.6 Å². The molecule has 0 N–H and O–H groups in total. The average Bonchev–Trinajstić information content (AvgIpc) is 2.19. The predicted molar refractivity (Wildman–Crippen MR) is 68.4 cm³/mol. The highest BCUT2D eigenvalue weighted by Crippen LogP contribution is 2.25. The molecule has 0 atom stereocenters. The van der Waals surface area contributed by atoms with Gasteiger partial charge in [-0.05, 0) is 37.1 Å². The molecule has 0 aromatic heterocycles. The van der Waals surface area contributed by atoms with Crippen molar-refractivity contribution in [2.45, 2.75) is 17.6 Å². The van der Waals surface area contributed by atoms with E-state index in [0.717, 1.165) is 16.9 Å². The second kappa shape index (κ2) is 5.12. The second-order valence-corrected chi connectivity index (χ2v) is 6.36. The number of alkyl halides is 2. The molecular weight excluding hydrogens is 324 g/mol. The SMILES string of the molecule is COc1cc(C)c(C(=O)C(Br)Br)cc1C. The van der Waals surface area contributed by atoms with Crippen molar-refractivity contribution in [2.24, 2.45) is 0 Å². The van der Waals surface area contributed by atoms with Crippen LogP contribution >= 0.6 is 31.9 Å². The Bertz CT molecular complexity index is 386. The summed E-state index contributed by atoms with van der Waals surface area (Å²) >= 11 is 6.41. The predicted octanol–water partition coefficient (Wildman–Crippen LogP) is 3.61. The van der Waals surface area contributed by atoms with Crippen LogP contribution in [-0.2, 0) is 0 Å². The van der Waals surface area contributed by atoms with Gasteiger partial charge in [-0.1, -0.05) is 31.9 Å². The quantitative estimate of drug-likeness (QED) is 0.623. The van der Waals surface area contributed by atoms with Crippen molar-refractivity contribution in [2.75, 3.05) is 7.11 Å². The molecule has 1 aromatic rings. The fourth-order valence-electron chi connectivity index (χ4n) is 1.39. The first-order chi connectivity index (χ1) is 6.97. The van der Waals surface area contributed by atoms with Gasteiger partial charge in [-0.25, -0.2) is 0 Å². The van der Waals surface area contributed by atoms with Gasteiger partial charge in [0, 0.05) is 5.56 Å². The Morgan fingerprint density at radius 3 is 2.33 bits per heavy atom. The van der Waals surface area contributed by atoms with Crippen molar-refractivity contribution in [3.8, 4) is 5.75 Å². The van der Waals surface area contributed by atoms with E-state index in [4.69, 9.17) is 4.74 Å². The Kier molecular flexibility index (Phi) is 4.34. The lowest BCUT2D eigenvalue weighted by Crippen LogP contribution is -2.09. The molecule has 1 rings (SSSR count). The molecule has 0 radical (unpaired) electrons. The Balaban J connectivity index is 3.22. The van der Waals surface area contributed by atoms with Gasteiger partial charge in [0.05, 0.1) is 7.11 Å². The number of rotatable bonds is 3. The second-order valence-electron chi connectivity index (χ2n) is 3.30. The van der Waals surface area contributed by atoms with Gasteiger partial charge in [0.2, 0.25) is 0 Å². The zero-order chi connectivity index (χ0) is 11.6. The lowest BCUT2D eigenvalue weighted by Gasteiger charge is -2.10. The normalized spacial score (nSPS) is 10.5. The summed E-state index contributed by atoms with van der Waals surface area (Å²) in [4.78, 5) is 11.8. The first-order valence-electron chi connectivity index (χ1n) is 4.45. The number of carbonyl (C=O) groups excluding carboxylic acids is 1. The average molecular weight is 336 g/mol. The topological polar surface area (TPSA) is 26.3 Å². The third-order valence-corrected chi connectivity index (χ3v) is 3.04. The van der Waals surface area contributed by atoms with Crippen molar-refractivity contribution in [1.29, 1.82) is 0 Å². The van der Waals surface area contributed by atoms with Gasteiger partial charge >= 0.3 is 0 Å². The Labute approximate surface area is 106 Å². The van der Waals surface area contributed by atoms with Gasteiger partial charge in [-0.15, -0.1) is 0 Å². The summed E-state index contributed by atoms with van der Waals surface area (Å²) < 4.78 is 4.85. The van der Waals surface area contributed by atoms with Crippen LogP contribution in [0.1, 0.15) is 21.5 Å². The number of halogens is 2. The molecule has 0 aliphatic rings. The van der Waals surface area contributed by atoms with E-state index < -0.39 is 0 Å². The highest BCUT2D eigenvalue weighted by molar-refractivity contribution is 9.25. The number of hydrogen-bond donors (Lipinski definition) is 0. The first kappa shape index (κ1) is 12.7. The number of benzene rings is 1. The Morgan fingerprint density at radius 2 is 1.87 bits per heavy atom. The largest absolute Gasteiger partial charge is 0.496 e. The van der Waals surface area contributed by atoms with E-state index in [-0.39, 0.29) is 9.52 Å². The van der Waals surface area contributed by atoms with E-state index in [1.807, 2.05) is 26.0 Å². The number of ether oxygens (including phenoxy) is 1. The number of methoxy groups -OCH3 is 1. The maximum absolute atomic E-state index is 11.8. The fourth-order valence-corrected chi connectivity index (χ4v) is 1.89. The summed E-state index contributed by atoms with van der Waals surface area (Å²) in [7, 11) is 1.63. The van der Waals surface area contributed by atoms with Crippen LogP contribution in [0.15, 0.2) is 12.1 Å². The number of carbonyl (C=O) groups is 1. The molecule has 0 aliphatic heterocycles. The molecular formula is C11H12Br2O2. The van der Waals surface area contributed by atoms with Crippen LogP contribution in [0, 0.1) is 13.8 Å². The van der Waals surface area contributed by atoms with Crippen LogP contribution < -0.4 is 4.74 Å². The molecule has 82 valence electrons. The summed E-state index contributed by atoms with van der Waals surface area (Å²) in [5, 5.41) is 0. The van der Waals surface area contributed by atoms with Crippen molar-refractivity contribution in [3.05, 3.63) is 28.8 Å². The van der Waals surface area contributed by atoms with Crippen LogP contribution in [0.4, 0.5) is 0 Å². The maximum Gasteiger partial charge on any atom is 0.187 e. The molecule has 0 heterocycles. The van der Waals surface area contributed by atoms with Crippen LogP contribution in [0.3, 0.4) is 0 Å². The van der Waals surface area contributed by atoms with Gasteiger partial charge in [0.25, 0.3) is 0 Å². The zero-order valence-corrected chi connectivity index (χ0v) is 12.0. The smallest absolute Gasteiger partial charge is 0.187 e. The standard InChI is InChI=1S/C11H12Br2O2/c1-6-5-9(15-3)7(2)4-8(6)10(14)11(12)13/h4-5,11H,1-3H3. The van der Waals surface area contributed by atoms with E-state index >= 15 is 0 Å². The summed E-state index contributed by atoms with van der Waals surface area (Å²) in [5.74, 6) is 0.836. The number of ketones is 1. The summed E-state index contributed by atoms with van der Waals surface area (Å²) in [6, 6.07) is 3.73. The molecule has 4 heteroatoms. The van der Waals surface area contributed by atoms with E-state index in [1.54, 1.807) is 7.11 Å². The fraction of sp³-hybridized carbons (Fsp3) is 0.364. The van der Waals surface area contributed by atoms with Gasteiger partial charge < -0.3 is 4.74 Å². The molecule has 0 bridgehead atoms. The third-order valence-electron chi connectivity index (χ3n) is 2.21. The molecule has 1 aromatic carbocycles. The molecule has 2 nitrogen and oxygen atoms in total. The van der Waals surface area contributed by atoms with Gasteiger partial charge in [-0.3, -0.25) is 4.79 Å². The van der Waals surface area contributed by atoms with E-state index in [0.29, 0.717) is 5.56 Å². The lowest BCUT2D eigenvalue weighted by molar-refractivity contribution is 0.101. The van der Waals surface area contributed by atoms with Crippen molar-refractivity contribution in [3.63, 3.8) is 0 Å². The molecule has 0 unspecified atom stereocenters. The number of Topliss-reactive ketones (excluding diaryl/α,β-unsaturated/α-hetero) is 1. The Morgan fingerprint density at radius 1 is 1.27 bits per heavy atom. The summed E-state index contributed by atoms with van der Waals surface area (Å²) in [6.07, 6.45) is 0. The minimum absolute atomic E-state index is 0.0262. The summed E-state index contributed by atoms with van der Waals surface area (Å²) in [6.45, 7) is 3.82. The number of aryl methyl sites for hydroxylation is 2. The van der Waals surface area contributed by atoms with Crippen LogP contribution in [0.2, 0.25) is 0 Å². The first-order valence-corrected chi connectivity index (χ1v) is 6.28. The monoisotopic (exact) mass is 334 g/mol. The Hall–Kier alpha value is -0.350. The third kappa shape index (κ3) is 2.82. The molecule has 15 heavy (non-hydrogen) atoms. The van der Waals surface area contributed by atoms with Gasteiger partial charge in [0.15, 0.2) is 5.78 Å². The van der Waals surface area contributed by atoms with Crippen molar-refractivity contribution in [1.82, 2.24) is 0 Å². The minimum Gasteiger partial charge on any atom is -0.496 e. The molecule has 0 amide bonds.